The van der Waals surface area contributed by atoms with Gasteiger partial charge < -0.3 is 4.74 Å². The topological polar surface area (TPSA) is 26.3 Å². The molecule has 1 aliphatic rings. The van der Waals surface area contributed by atoms with Gasteiger partial charge in [0.05, 0.1) is 5.02 Å². The monoisotopic (exact) mass is 260 g/mol. The number of carbonyl (C=O) groups is 1. The molecule has 1 fully saturated rings. The van der Waals surface area contributed by atoms with Gasteiger partial charge in [-0.05, 0) is 24.5 Å². The molecule has 0 saturated carbocycles. The maximum Gasteiger partial charge on any atom is 0.193 e. The normalized spacial score (nSPS) is 24.0. The molecule has 1 heterocycles. The van der Waals surface area contributed by atoms with E-state index in [0.29, 0.717) is 6.61 Å². The molecule has 17 heavy (non-hydrogen) atoms. The van der Waals surface area contributed by atoms with Gasteiger partial charge in [-0.2, -0.15) is 0 Å². The number of Topliss-reactive ketones (excluding diaryl/α,β-unsaturated/α-hetero) is 1. The Balaban J connectivity index is 2.34. The SMILES string of the molecule is CC1CCOC1C(=O)c1cc(F)c(F)cc1Cl. The highest BCUT2D eigenvalue weighted by molar-refractivity contribution is 6.34. The summed E-state index contributed by atoms with van der Waals surface area (Å²) in [5, 5.41) is -0.0865. The van der Waals surface area contributed by atoms with Crippen LogP contribution in [-0.2, 0) is 4.74 Å². The predicted octanol–water partition coefficient (Wildman–Crippen LogP) is 3.23. The molecule has 92 valence electrons. The van der Waals surface area contributed by atoms with Crippen LogP contribution in [0.2, 0.25) is 5.02 Å². The summed E-state index contributed by atoms with van der Waals surface area (Å²) >= 11 is 5.74. The third kappa shape index (κ3) is 2.33. The zero-order valence-electron chi connectivity index (χ0n) is 9.17. The summed E-state index contributed by atoms with van der Waals surface area (Å²) in [6.45, 7) is 2.38. The van der Waals surface area contributed by atoms with Crippen molar-refractivity contribution in [3.8, 4) is 0 Å². The Morgan fingerprint density at radius 1 is 1.41 bits per heavy atom. The average molecular weight is 261 g/mol. The van der Waals surface area contributed by atoms with Gasteiger partial charge in [0.2, 0.25) is 0 Å². The molecule has 2 nitrogen and oxygen atoms in total. The number of carbonyl (C=O) groups excluding carboxylic acids is 1. The fourth-order valence-corrected chi connectivity index (χ4v) is 2.14. The lowest BCUT2D eigenvalue weighted by atomic mass is 9.96. The van der Waals surface area contributed by atoms with Crippen LogP contribution in [0.3, 0.4) is 0 Å². The number of rotatable bonds is 2. The van der Waals surface area contributed by atoms with Crippen molar-refractivity contribution in [1.29, 1.82) is 0 Å². The maximum atomic E-state index is 13.1. The lowest BCUT2D eigenvalue weighted by Crippen LogP contribution is -2.25. The van der Waals surface area contributed by atoms with Crippen LogP contribution in [0.1, 0.15) is 23.7 Å². The van der Waals surface area contributed by atoms with Crippen molar-refractivity contribution in [3.63, 3.8) is 0 Å². The van der Waals surface area contributed by atoms with Gasteiger partial charge in [-0.25, -0.2) is 8.78 Å². The molecule has 2 unspecified atom stereocenters. The molecule has 0 aliphatic carbocycles. The number of hydrogen-bond donors (Lipinski definition) is 0. The van der Waals surface area contributed by atoms with Crippen molar-refractivity contribution < 1.29 is 18.3 Å². The van der Waals surface area contributed by atoms with Gasteiger partial charge in [0, 0.05) is 12.2 Å². The van der Waals surface area contributed by atoms with Crippen LogP contribution in [0.25, 0.3) is 0 Å². The molecule has 1 aliphatic heterocycles. The van der Waals surface area contributed by atoms with E-state index >= 15 is 0 Å². The predicted molar refractivity (Wildman–Crippen MR) is 59.2 cm³/mol. The van der Waals surface area contributed by atoms with Crippen LogP contribution in [0.5, 0.6) is 0 Å². The van der Waals surface area contributed by atoms with Crippen LogP contribution in [0, 0.1) is 17.6 Å². The molecular formula is C12H11ClF2O2. The molecular weight excluding hydrogens is 250 g/mol. The summed E-state index contributed by atoms with van der Waals surface area (Å²) in [5.74, 6) is -2.47. The van der Waals surface area contributed by atoms with Gasteiger partial charge in [-0.15, -0.1) is 0 Å². The molecule has 1 saturated heterocycles. The second-order valence-corrected chi connectivity index (χ2v) is 4.57. The molecule has 0 radical (unpaired) electrons. The minimum Gasteiger partial charge on any atom is -0.370 e. The van der Waals surface area contributed by atoms with Gasteiger partial charge in [-0.3, -0.25) is 4.79 Å². The third-order valence-electron chi connectivity index (χ3n) is 2.92. The van der Waals surface area contributed by atoms with Crippen LogP contribution in [0.4, 0.5) is 8.78 Å². The summed E-state index contributed by atoms with van der Waals surface area (Å²) in [6.07, 6.45) is 0.162. The Hall–Kier alpha value is -1.00. The van der Waals surface area contributed by atoms with Crippen LogP contribution in [0.15, 0.2) is 12.1 Å². The highest BCUT2D eigenvalue weighted by Gasteiger charge is 2.33. The largest absolute Gasteiger partial charge is 0.370 e. The first kappa shape index (κ1) is 12.5. The van der Waals surface area contributed by atoms with Gasteiger partial charge in [0.25, 0.3) is 0 Å². The lowest BCUT2D eigenvalue weighted by molar-refractivity contribution is 0.0579. The maximum absolute atomic E-state index is 13.1. The van der Waals surface area contributed by atoms with E-state index in [1.165, 1.54) is 0 Å². The molecule has 0 aromatic heterocycles. The Morgan fingerprint density at radius 2 is 2.06 bits per heavy atom. The first-order chi connectivity index (χ1) is 8.00. The van der Waals surface area contributed by atoms with E-state index in [1.807, 2.05) is 6.92 Å². The smallest absolute Gasteiger partial charge is 0.193 e. The van der Waals surface area contributed by atoms with E-state index < -0.39 is 17.7 Å². The summed E-state index contributed by atoms with van der Waals surface area (Å²) in [5.41, 5.74) is -0.0238. The highest BCUT2D eigenvalue weighted by atomic mass is 35.5. The van der Waals surface area contributed by atoms with E-state index in [4.69, 9.17) is 16.3 Å². The fraction of sp³-hybridized carbons (Fsp3) is 0.417. The van der Waals surface area contributed by atoms with E-state index in [9.17, 15) is 13.6 Å². The molecule has 2 rings (SSSR count). The van der Waals surface area contributed by atoms with Crippen molar-refractivity contribution in [2.45, 2.75) is 19.4 Å². The molecule has 5 heteroatoms. The van der Waals surface area contributed by atoms with Gasteiger partial charge >= 0.3 is 0 Å². The fourth-order valence-electron chi connectivity index (χ4n) is 1.90. The highest BCUT2D eigenvalue weighted by Crippen LogP contribution is 2.27. The Bertz CT molecular complexity index is 462. The third-order valence-corrected chi connectivity index (χ3v) is 3.23. The summed E-state index contributed by atoms with van der Waals surface area (Å²) < 4.78 is 31.2. The number of ether oxygens (including phenoxy) is 1. The molecule has 0 bridgehead atoms. The molecule has 2 atom stereocenters. The second-order valence-electron chi connectivity index (χ2n) is 4.17. The molecule has 0 amide bonds. The van der Waals surface area contributed by atoms with Crippen LogP contribution < -0.4 is 0 Å². The minimum absolute atomic E-state index is 0.0238. The standard InChI is InChI=1S/C12H11ClF2O2/c1-6-2-3-17-12(6)11(16)7-4-9(14)10(15)5-8(7)13/h4-6,12H,2-3H2,1H3. The summed E-state index contributed by atoms with van der Waals surface area (Å²) in [4.78, 5) is 12.0. The zero-order valence-corrected chi connectivity index (χ0v) is 9.93. The molecule has 0 spiro atoms. The Labute approximate surface area is 103 Å². The van der Waals surface area contributed by atoms with Crippen molar-refractivity contribution >= 4 is 17.4 Å². The second kappa shape index (κ2) is 4.70. The van der Waals surface area contributed by atoms with Crippen molar-refractivity contribution in [1.82, 2.24) is 0 Å². The van der Waals surface area contributed by atoms with Crippen molar-refractivity contribution in [2.75, 3.05) is 6.61 Å². The zero-order chi connectivity index (χ0) is 12.6. The first-order valence-electron chi connectivity index (χ1n) is 5.31. The molecule has 0 N–H and O–H groups in total. The van der Waals surface area contributed by atoms with E-state index in [0.717, 1.165) is 18.6 Å². The van der Waals surface area contributed by atoms with Gasteiger partial charge in [0.15, 0.2) is 17.4 Å². The van der Waals surface area contributed by atoms with E-state index in [-0.39, 0.29) is 22.3 Å². The number of ketones is 1. The lowest BCUT2D eigenvalue weighted by Gasteiger charge is -2.14. The average Bonchev–Trinajstić information content (AvgIpc) is 2.69. The summed E-state index contributed by atoms with van der Waals surface area (Å²) in [6, 6.07) is 1.64. The minimum atomic E-state index is -1.08. The summed E-state index contributed by atoms with van der Waals surface area (Å²) in [7, 11) is 0. The quantitative estimate of drug-likeness (QED) is 0.603. The Kier molecular flexibility index (Phi) is 3.45. The van der Waals surface area contributed by atoms with Crippen molar-refractivity contribution in [2.24, 2.45) is 5.92 Å². The molecule has 1 aromatic carbocycles. The van der Waals surface area contributed by atoms with Crippen molar-refractivity contribution in [3.05, 3.63) is 34.4 Å². The number of halogens is 3. The molecule has 1 aromatic rings. The van der Waals surface area contributed by atoms with Gasteiger partial charge in [0.1, 0.15) is 6.10 Å². The van der Waals surface area contributed by atoms with Gasteiger partial charge in [-0.1, -0.05) is 18.5 Å². The number of benzene rings is 1. The Morgan fingerprint density at radius 3 is 2.65 bits per heavy atom. The van der Waals surface area contributed by atoms with Crippen LogP contribution in [-0.4, -0.2) is 18.5 Å². The first-order valence-corrected chi connectivity index (χ1v) is 5.69. The van der Waals surface area contributed by atoms with E-state index in [2.05, 4.69) is 0 Å². The van der Waals surface area contributed by atoms with Crippen LogP contribution >= 0.6 is 11.6 Å². The van der Waals surface area contributed by atoms with E-state index in [1.54, 1.807) is 0 Å². The number of hydrogen-bond acceptors (Lipinski definition) is 2.